The van der Waals surface area contributed by atoms with Gasteiger partial charge in [-0.25, -0.2) is 9.97 Å². The highest BCUT2D eigenvalue weighted by molar-refractivity contribution is 5.99. The quantitative estimate of drug-likeness (QED) is 0.400. The Hall–Kier alpha value is -2.67. The minimum absolute atomic E-state index is 0.0539. The van der Waals surface area contributed by atoms with Crippen LogP contribution in [-0.4, -0.2) is 53.1 Å². The second-order valence-corrected chi connectivity index (χ2v) is 10.3. The molecule has 0 atom stereocenters. The molecule has 4 rings (SSSR count). The van der Waals surface area contributed by atoms with Crippen LogP contribution in [0.4, 0.5) is 23.0 Å². The van der Waals surface area contributed by atoms with Gasteiger partial charge >= 0.3 is 0 Å². The van der Waals surface area contributed by atoms with Gasteiger partial charge in [0.05, 0.1) is 11.8 Å². The number of nitrogens with zero attached hydrogens (tertiary/aromatic N) is 4. The summed E-state index contributed by atoms with van der Waals surface area (Å²) in [6.07, 6.45) is 10.0. The zero-order valence-electron chi connectivity index (χ0n) is 22.3. The maximum absolute atomic E-state index is 13.2. The highest BCUT2D eigenvalue weighted by Crippen LogP contribution is 2.32. The first-order valence-corrected chi connectivity index (χ1v) is 14.0. The SMILES string of the molecule is CCCCC(=O)c1nc(CC)c(N[C@H]2CC[C@H](O)CC2)nc1N(C)c1ccc(N2CCCCC2)cc1. The van der Waals surface area contributed by atoms with Gasteiger partial charge in [0, 0.05) is 44.0 Å². The number of aliphatic hydroxyl groups is 1. The average Bonchev–Trinajstić information content (AvgIpc) is 2.93. The van der Waals surface area contributed by atoms with Crippen molar-refractivity contribution < 1.29 is 9.90 Å². The van der Waals surface area contributed by atoms with Crippen molar-refractivity contribution in [3.63, 3.8) is 0 Å². The Morgan fingerprint density at radius 2 is 1.75 bits per heavy atom. The lowest BCUT2D eigenvalue weighted by Crippen LogP contribution is -2.30. The fourth-order valence-electron chi connectivity index (χ4n) is 5.27. The summed E-state index contributed by atoms with van der Waals surface area (Å²) in [5.41, 5.74) is 3.54. The number of unbranched alkanes of at least 4 members (excludes halogenated alkanes) is 1. The van der Waals surface area contributed by atoms with E-state index in [0.29, 0.717) is 24.4 Å². The number of Topliss-reactive ketones (excluding diaryl/α,β-unsaturated/α-hetero) is 1. The molecule has 36 heavy (non-hydrogen) atoms. The highest BCUT2D eigenvalue weighted by atomic mass is 16.3. The number of aryl methyl sites for hydroxylation is 1. The number of carbonyl (C=O) groups excluding carboxylic acids is 1. The van der Waals surface area contributed by atoms with Crippen LogP contribution in [0.3, 0.4) is 0 Å². The first kappa shape index (κ1) is 26.4. The number of anilines is 4. The molecule has 1 saturated heterocycles. The molecular weight excluding hydrogens is 450 g/mol. The third kappa shape index (κ3) is 6.36. The van der Waals surface area contributed by atoms with Crippen LogP contribution in [0.2, 0.25) is 0 Å². The largest absolute Gasteiger partial charge is 0.393 e. The molecule has 196 valence electrons. The van der Waals surface area contributed by atoms with E-state index in [1.807, 2.05) is 11.9 Å². The molecule has 0 spiro atoms. The van der Waals surface area contributed by atoms with E-state index in [4.69, 9.17) is 9.97 Å². The Labute approximate surface area is 216 Å². The number of aliphatic hydroxyl groups excluding tert-OH is 1. The molecule has 1 aliphatic heterocycles. The maximum Gasteiger partial charge on any atom is 0.185 e. The summed E-state index contributed by atoms with van der Waals surface area (Å²) >= 11 is 0. The number of benzene rings is 1. The van der Waals surface area contributed by atoms with Crippen LogP contribution in [0.25, 0.3) is 0 Å². The van der Waals surface area contributed by atoms with Gasteiger partial charge in [-0.3, -0.25) is 4.79 Å². The lowest BCUT2D eigenvalue weighted by Gasteiger charge is -2.30. The van der Waals surface area contributed by atoms with E-state index in [9.17, 15) is 9.90 Å². The second-order valence-electron chi connectivity index (χ2n) is 10.3. The van der Waals surface area contributed by atoms with Crippen LogP contribution in [0.15, 0.2) is 24.3 Å². The summed E-state index contributed by atoms with van der Waals surface area (Å²) in [4.78, 5) is 27.6. The first-order valence-electron chi connectivity index (χ1n) is 14.0. The molecule has 1 aromatic heterocycles. The molecule has 0 radical (unpaired) electrons. The van der Waals surface area contributed by atoms with Gasteiger partial charge in [-0.2, -0.15) is 0 Å². The van der Waals surface area contributed by atoms with Crippen LogP contribution in [0.5, 0.6) is 0 Å². The number of ketones is 1. The van der Waals surface area contributed by atoms with Gasteiger partial charge in [-0.15, -0.1) is 0 Å². The monoisotopic (exact) mass is 493 g/mol. The summed E-state index contributed by atoms with van der Waals surface area (Å²) in [5.74, 6) is 1.42. The highest BCUT2D eigenvalue weighted by Gasteiger charge is 2.25. The third-order valence-electron chi connectivity index (χ3n) is 7.62. The van der Waals surface area contributed by atoms with Crippen LogP contribution in [0.1, 0.15) is 94.2 Å². The number of hydrogen-bond donors (Lipinski definition) is 2. The number of rotatable bonds is 10. The van der Waals surface area contributed by atoms with Crippen LogP contribution >= 0.6 is 0 Å². The number of hydrogen-bond acceptors (Lipinski definition) is 7. The van der Waals surface area contributed by atoms with Crippen molar-refractivity contribution in [3.05, 3.63) is 35.7 Å². The van der Waals surface area contributed by atoms with Crippen molar-refractivity contribution in [2.75, 3.05) is 35.3 Å². The summed E-state index contributed by atoms with van der Waals surface area (Å²) in [7, 11) is 1.98. The van der Waals surface area contributed by atoms with E-state index in [1.54, 1.807) is 0 Å². The number of nitrogens with one attached hydrogen (secondary N) is 1. The van der Waals surface area contributed by atoms with Gasteiger partial charge in [0.1, 0.15) is 5.69 Å². The Bertz CT molecular complexity index is 995. The van der Waals surface area contributed by atoms with Crippen molar-refractivity contribution in [1.82, 2.24) is 9.97 Å². The van der Waals surface area contributed by atoms with E-state index in [2.05, 4.69) is 48.3 Å². The van der Waals surface area contributed by atoms with Crippen molar-refractivity contribution in [2.45, 2.75) is 96.6 Å². The van der Waals surface area contributed by atoms with Crippen LogP contribution in [0, 0.1) is 0 Å². The van der Waals surface area contributed by atoms with Gasteiger partial charge in [0.25, 0.3) is 0 Å². The second kappa shape index (κ2) is 12.5. The molecule has 2 N–H and O–H groups in total. The van der Waals surface area contributed by atoms with Crippen LogP contribution < -0.4 is 15.1 Å². The molecule has 1 aliphatic carbocycles. The van der Waals surface area contributed by atoms with E-state index < -0.39 is 0 Å². The van der Waals surface area contributed by atoms with Crippen molar-refractivity contribution >= 4 is 28.8 Å². The Morgan fingerprint density at radius 3 is 2.39 bits per heavy atom. The Balaban J connectivity index is 1.64. The molecule has 0 amide bonds. The minimum Gasteiger partial charge on any atom is -0.393 e. The molecule has 7 heteroatoms. The van der Waals surface area contributed by atoms with Gasteiger partial charge in [0.15, 0.2) is 17.4 Å². The predicted molar refractivity (Wildman–Crippen MR) is 148 cm³/mol. The Kier molecular flexibility index (Phi) is 9.19. The smallest absolute Gasteiger partial charge is 0.185 e. The van der Waals surface area contributed by atoms with E-state index in [0.717, 1.165) is 68.8 Å². The summed E-state index contributed by atoms with van der Waals surface area (Å²) in [5, 5.41) is 13.5. The van der Waals surface area contributed by atoms with Gasteiger partial charge < -0.3 is 20.2 Å². The summed E-state index contributed by atoms with van der Waals surface area (Å²) < 4.78 is 0. The first-order chi connectivity index (χ1) is 17.5. The zero-order chi connectivity index (χ0) is 25.5. The van der Waals surface area contributed by atoms with Gasteiger partial charge in [0.2, 0.25) is 0 Å². The average molecular weight is 494 g/mol. The molecule has 2 fully saturated rings. The molecule has 1 saturated carbocycles. The van der Waals surface area contributed by atoms with E-state index in [-0.39, 0.29) is 17.9 Å². The maximum atomic E-state index is 13.2. The summed E-state index contributed by atoms with van der Waals surface area (Å²) in [6, 6.07) is 8.85. The summed E-state index contributed by atoms with van der Waals surface area (Å²) in [6.45, 7) is 6.38. The normalized spacial score (nSPS) is 20.3. The molecule has 0 unspecified atom stereocenters. The molecule has 2 aliphatic rings. The molecular formula is C29H43N5O2. The van der Waals surface area contributed by atoms with Crippen LogP contribution in [-0.2, 0) is 6.42 Å². The lowest BCUT2D eigenvalue weighted by molar-refractivity contribution is 0.0975. The van der Waals surface area contributed by atoms with Gasteiger partial charge in [-0.1, -0.05) is 20.3 Å². The van der Waals surface area contributed by atoms with Gasteiger partial charge in [-0.05, 0) is 82.1 Å². The molecule has 2 aromatic rings. The Morgan fingerprint density at radius 1 is 1.06 bits per heavy atom. The van der Waals surface area contributed by atoms with Crippen molar-refractivity contribution in [2.24, 2.45) is 0 Å². The standard InChI is InChI=1S/C29H43N5O2/c1-4-6-10-26(36)27-29(32-28(25(5-2)31-27)30-21-11-17-24(35)18-12-21)33(3)22-13-15-23(16-14-22)34-19-8-7-9-20-34/h13-16,21,24,35H,4-12,17-20H2,1-3H3,(H,30,32)/t21-,24-. The van der Waals surface area contributed by atoms with E-state index in [1.165, 1.54) is 24.9 Å². The number of aromatic nitrogens is 2. The minimum atomic E-state index is -0.201. The van der Waals surface area contributed by atoms with Crippen molar-refractivity contribution in [3.8, 4) is 0 Å². The van der Waals surface area contributed by atoms with Crippen molar-refractivity contribution in [1.29, 1.82) is 0 Å². The fraction of sp³-hybridized carbons (Fsp3) is 0.621. The predicted octanol–water partition coefficient (Wildman–Crippen LogP) is 5.89. The number of carbonyl (C=O) groups is 1. The zero-order valence-corrected chi connectivity index (χ0v) is 22.3. The lowest BCUT2D eigenvalue weighted by atomic mass is 9.93. The van der Waals surface area contributed by atoms with E-state index >= 15 is 0 Å². The third-order valence-corrected chi connectivity index (χ3v) is 7.62. The molecule has 1 aromatic carbocycles. The topological polar surface area (TPSA) is 81.6 Å². The molecule has 7 nitrogen and oxygen atoms in total. The fourth-order valence-corrected chi connectivity index (χ4v) is 5.27. The molecule has 2 heterocycles. The number of piperidine rings is 1. The molecule has 0 bridgehead atoms.